The number of hydrogen-bond donors (Lipinski definition) is 2. The van der Waals surface area contributed by atoms with Gasteiger partial charge in [-0.3, -0.25) is 9.69 Å². The lowest BCUT2D eigenvalue weighted by atomic mass is 10.1. The lowest BCUT2D eigenvalue weighted by molar-refractivity contribution is 0.0938. The van der Waals surface area contributed by atoms with Crippen LogP contribution in [0.1, 0.15) is 42.6 Å². The van der Waals surface area contributed by atoms with Crippen LogP contribution in [0, 0.1) is 0 Å². The first-order chi connectivity index (χ1) is 9.65. The molecule has 110 valence electrons. The second-order valence-corrected chi connectivity index (χ2v) is 5.34. The molecule has 0 radical (unpaired) electrons. The van der Waals surface area contributed by atoms with Crippen molar-refractivity contribution in [1.82, 2.24) is 10.2 Å². The van der Waals surface area contributed by atoms with Gasteiger partial charge in [0.15, 0.2) is 0 Å². The van der Waals surface area contributed by atoms with Gasteiger partial charge in [0.1, 0.15) is 5.75 Å². The van der Waals surface area contributed by atoms with E-state index in [-0.39, 0.29) is 11.7 Å². The van der Waals surface area contributed by atoms with Gasteiger partial charge in [0.2, 0.25) is 0 Å². The highest BCUT2D eigenvalue weighted by Crippen LogP contribution is 2.20. The zero-order valence-electron chi connectivity index (χ0n) is 12.4. The molecule has 0 aromatic heterocycles. The molecular formula is C16H24N2O2. The van der Waals surface area contributed by atoms with E-state index in [4.69, 9.17) is 0 Å². The Morgan fingerprint density at radius 2 is 2.25 bits per heavy atom. The summed E-state index contributed by atoms with van der Waals surface area (Å²) in [6.45, 7) is 6.98. The van der Waals surface area contributed by atoms with E-state index in [1.807, 2.05) is 13.0 Å². The van der Waals surface area contributed by atoms with Crippen LogP contribution in [0.3, 0.4) is 0 Å². The van der Waals surface area contributed by atoms with Gasteiger partial charge in [0, 0.05) is 12.6 Å². The zero-order valence-corrected chi connectivity index (χ0v) is 12.4. The van der Waals surface area contributed by atoms with Crippen LogP contribution in [0.15, 0.2) is 18.2 Å². The van der Waals surface area contributed by atoms with Gasteiger partial charge in [-0.2, -0.15) is 0 Å². The molecule has 1 aromatic carbocycles. The Hall–Kier alpha value is -1.55. The molecule has 1 fully saturated rings. The van der Waals surface area contributed by atoms with Crippen molar-refractivity contribution >= 4 is 5.91 Å². The molecule has 20 heavy (non-hydrogen) atoms. The minimum absolute atomic E-state index is 0.0541. The number of carbonyl (C=O) groups is 1. The maximum atomic E-state index is 12.2. The molecular weight excluding hydrogens is 252 g/mol. The van der Waals surface area contributed by atoms with E-state index in [0.717, 1.165) is 31.5 Å². The summed E-state index contributed by atoms with van der Waals surface area (Å²) >= 11 is 0. The number of rotatable bonds is 5. The average Bonchev–Trinajstić information content (AvgIpc) is 2.92. The number of likely N-dealkylation sites (N-methyl/N-ethyl adjacent to an activating group) is 1. The molecule has 0 bridgehead atoms. The molecule has 4 heteroatoms. The second-order valence-electron chi connectivity index (χ2n) is 5.34. The van der Waals surface area contributed by atoms with E-state index in [9.17, 15) is 9.90 Å². The molecule has 1 aliphatic heterocycles. The van der Waals surface area contributed by atoms with Gasteiger partial charge in [-0.15, -0.1) is 0 Å². The third-order valence-electron chi connectivity index (χ3n) is 4.12. The first-order valence-electron chi connectivity index (χ1n) is 7.49. The van der Waals surface area contributed by atoms with Crippen molar-refractivity contribution < 1.29 is 9.90 Å². The molecule has 4 nitrogen and oxygen atoms in total. The number of nitrogens with zero attached hydrogens (tertiary/aromatic N) is 1. The number of benzene rings is 1. The Bertz CT molecular complexity index is 474. The van der Waals surface area contributed by atoms with Crippen molar-refractivity contribution in [3.8, 4) is 5.75 Å². The van der Waals surface area contributed by atoms with E-state index in [1.165, 1.54) is 6.42 Å². The minimum Gasteiger partial charge on any atom is -0.507 e. The van der Waals surface area contributed by atoms with E-state index in [1.54, 1.807) is 12.1 Å². The number of aryl methyl sites for hydroxylation is 1. The highest BCUT2D eigenvalue weighted by atomic mass is 16.3. The van der Waals surface area contributed by atoms with Gasteiger partial charge in [0.05, 0.1) is 5.56 Å². The fraction of sp³-hybridized carbons (Fsp3) is 0.562. The van der Waals surface area contributed by atoms with Crippen LogP contribution >= 0.6 is 0 Å². The van der Waals surface area contributed by atoms with Crippen LogP contribution < -0.4 is 5.32 Å². The predicted molar refractivity (Wildman–Crippen MR) is 80.1 cm³/mol. The lowest BCUT2D eigenvalue weighted by Crippen LogP contribution is -2.40. The number of amides is 1. The maximum Gasteiger partial charge on any atom is 0.255 e. The van der Waals surface area contributed by atoms with E-state index in [2.05, 4.69) is 17.1 Å². The molecule has 1 heterocycles. The van der Waals surface area contributed by atoms with Crippen molar-refractivity contribution in [3.05, 3.63) is 29.3 Å². The first-order valence-corrected chi connectivity index (χ1v) is 7.49. The van der Waals surface area contributed by atoms with Gasteiger partial charge in [-0.1, -0.05) is 19.9 Å². The third kappa shape index (κ3) is 3.31. The zero-order chi connectivity index (χ0) is 14.5. The number of carbonyl (C=O) groups excluding carboxylic acids is 1. The molecule has 0 spiro atoms. The molecule has 1 atom stereocenters. The highest BCUT2D eigenvalue weighted by molar-refractivity contribution is 5.97. The summed E-state index contributed by atoms with van der Waals surface area (Å²) in [5.41, 5.74) is 1.44. The number of phenolic OH excluding ortho intramolecular Hbond substituents is 1. The summed E-state index contributed by atoms with van der Waals surface area (Å²) < 4.78 is 0. The molecule has 0 aliphatic carbocycles. The first kappa shape index (κ1) is 14.9. The molecule has 1 saturated heterocycles. The van der Waals surface area contributed by atoms with E-state index in [0.29, 0.717) is 18.2 Å². The topological polar surface area (TPSA) is 52.6 Å². The molecule has 1 unspecified atom stereocenters. The molecule has 1 aliphatic rings. The minimum atomic E-state index is -0.180. The highest BCUT2D eigenvalue weighted by Gasteiger charge is 2.23. The van der Waals surface area contributed by atoms with Crippen molar-refractivity contribution in [1.29, 1.82) is 0 Å². The fourth-order valence-electron chi connectivity index (χ4n) is 2.83. The molecule has 2 rings (SSSR count). The summed E-state index contributed by atoms with van der Waals surface area (Å²) in [5, 5.41) is 12.8. The summed E-state index contributed by atoms with van der Waals surface area (Å²) in [4.78, 5) is 14.6. The van der Waals surface area contributed by atoms with Gasteiger partial charge in [0.25, 0.3) is 5.91 Å². The maximum absolute atomic E-state index is 12.2. The number of hydrogen-bond acceptors (Lipinski definition) is 3. The van der Waals surface area contributed by atoms with Crippen molar-refractivity contribution in [2.45, 2.75) is 39.2 Å². The Labute approximate surface area is 120 Å². The van der Waals surface area contributed by atoms with Crippen molar-refractivity contribution in [2.75, 3.05) is 19.6 Å². The molecule has 2 N–H and O–H groups in total. The van der Waals surface area contributed by atoms with Gasteiger partial charge in [-0.25, -0.2) is 0 Å². The Morgan fingerprint density at radius 3 is 2.95 bits per heavy atom. The fourth-order valence-corrected chi connectivity index (χ4v) is 2.83. The van der Waals surface area contributed by atoms with Gasteiger partial charge in [-0.05, 0) is 50.0 Å². The Kier molecular flexibility index (Phi) is 5.01. The summed E-state index contributed by atoms with van der Waals surface area (Å²) in [6.07, 6.45) is 3.19. The smallest absolute Gasteiger partial charge is 0.255 e. The van der Waals surface area contributed by atoms with Crippen LogP contribution in [0.25, 0.3) is 0 Å². The van der Waals surface area contributed by atoms with Crippen LogP contribution in [0.4, 0.5) is 0 Å². The summed E-state index contributed by atoms with van der Waals surface area (Å²) in [5.74, 6) is -0.126. The SMILES string of the molecule is CCc1ccc(O)c(C(=O)NCC2CCCN2CC)c1. The average molecular weight is 276 g/mol. The Morgan fingerprint density at radius 1 is 1.45 bits per heavy atom. The van der Waals surface area contributed by atoms with Gasteiger partial charge >= 0.3 is 0 Å². The lowest BCUT2D eigenvalue weighted by Gasteiger charge is -2.23. The number of aromatic hydroxyl groups is 1. The molecule has 1 aromatic rings. The van der Waals surface area contributed by atoms with Crippen LogP contribution in [0.5, 0.6) is 5.75 Å². The van der Waals surface area contributed by atoms with Crippen LogP contribution in [0.2, 0.25) is 0 Å². The summed E-state index contributed by atoms with van der Waals surface area (Å²) in [6, 6.07) is 5.65. The predicted octanol–water partition coefficient (Wildman–Crippen LogP) is 2.17. The van der Waals surface area contributed by atoms with Crippen molar-refractivity contribution in [3.63, 3.8) is 0 Å². The number of nitrogens with one attached hydrogen (secondary N) is 1. The number of likely N-dealkylation sites (tertiary alicyclic amines) is 1. The number of phenols is 1. The van der Waals surface area contributed by atoms with E-state index < -0.39 is 0 Å². The van der Waals surface area contributed by atoms with Crippen molar-refractivity contribution in [2.24, 2.45) is 0 Å². The van der Waals surface area contributed by atoms with E-state index >= 15 is 0 Å². The second kappa shape index (κ2) is 6.75. The third-order valence-corrected chi connectivity index (χ3v) is 4.12. The largest absolute Gasteiger partial charge is 0.507 e. The standard InChI is InChI=1S/C16H24N2O2/c1-3-12-7-8-15(19)14(10-12)16(20)17-11-13-6-5-9-18(13)4-2/h7-8,10,13,19H,3-6,9,11H2,1-2H3,(H,17,20). The van der Waals surface area contributed by atoms with Crippen LogP contribution in [-0.4, -0.2) is 41.6 Å². The molecule has 1 amide bonds. The Balaban J connectivity index is 1.98. The normalized spacial score (nSPS) is 19.2. The summed E-state index contributed by atoms with van der Waals surface area (Å²) in [7, 11) is 0. The monoisotopic (exact) mass is 276 g/mol. The quantitative estimate of drug-likeness (QED) is 0.866. The molecule has 0 saturated carbocycles. The van der Waals surface area contributed by atoms with Crippen LogP contribution in [-0.2, 0) is 6.42 Å². The van der Waals surface area contributed by atoms with Gasteiger partial charge < -0.3 is 10.4 Å².